The fourth-order valence-electron chi connectivity index (χ4n) is 2.68. The number of hydrogen-bond acceptors (Lipinski definition) is 3. The molecule has 0 aliphatic carbocycles. The van der Waals surface area contributed by atoms with Gasteiger partial charge in [-0.3, -0.25) is 0 Å². The van der Waals surface area contributed by atoms with Crippen LogP contribution >= 0.6 is 46.1 Å². The lowest BCUT2D eigenvalue weighted by atomic mass is 10.0. The van der Waals surface area contributed by atoms with Crippen molar-refractivity contribution in [2.45, 2.75) is 43.9 Å². The van der Waals surface area contributed by atoms with Gasteiger partial charge < -0.3 is 10.1 Å². The third-order valence-electron chi connectivity index (χ3n) is 3.43. The van der Waals surface area contributed by atoms with E-state index in [1.807, 2.05) is 0 Å². The summed E-state index contributed by atoms with van der Waals surface area (Å²) < 4.78 is 6.45. The topological polar surface area (TPSA) is 21.3 Å². The van der Waals surface area contributed by atoms with Gasteiger partial charge in [0.2, 0.25) is 0 Å². The number of hydrogen-bond donors (Lipinski definition) is 1. The van der Waals surface area contributed by atoms with Gasteiger partial charge in [-0.1, -0.05) is 46.1 Å². The Bertz CT molecular complexity index is 425. The minimum Gasteiger partial charge on any atom is -0.479 e. The summed E-state index contributed by atoms with van der Waals surface area (Å²) in [6, 6.07) is 1.20. The molecule has 0 aromatic carbocycles. The minimum atomic E-state index is 0.233. The molecule has 17 heavy (non-hydrogen) atoms. The summed E-state index contributed by atoms with van der Waals surface area (Å²) in [6.45, 7) is 0. The van der Waals surface area contributed by atoms with E-state index in [0.717, 1.165) is 12.8 Å². The molecular weight excluding hydrogens is 301 g/mol. The van der Waals surface area contributed by atoms with Gasteiger partial charge in [0, 0.05) is 12.1 Å². The van der Waals surface area contributed by atoms with Crippen molar-refractivity contribution in [1.82, 2.24) is 5.32 Å². The van der Waals surface area contributed by atoms with Crippen LogP contribution in [0.25, 0.3) is 0 Å². The van der Waals surface area contributed by atoms with Crippen molar-refractivity contribution < 1.29 is 4.74 Å². The number of rotatable bonds is 2. The van der Waals surface area contributed by atoms with Crippen LogP contribution in [0, 0.1) is 0 Å². The van der Waals surface area contributed by atoms with Crippen LogP contribution in [0.1, 0.15) is 25.7 Å². The molecule has 6 heteroatoms. The van der Waals surface area contributed by atoms with Gasteiger partial charge in [0.15, 0.2) is 5.06 Å². The molecule has 1 N–H and O–H groups in total. The predicted molar refractivity (Wildman–Crippen MR) is 72.9 cm³/mol. The van der Waals surface area contributed by atoms with Gasteiger partial charge in [-0.15, -0.1) is 0 Å². The standard InChI is InChI=1S/C11H12Cl3NOS/c12-8-9(13)11(17-10(8)14)16-7-3-5-1-2-6(4-7)15-5/h5-7,15H,1-4H2. The van der Waals surface area contributed by atoms with Crippen molar-refractivity contribution in [3.63, 3.8) is 0 Å². The second-order valence-corrected chi connectivity index (χ2v) is 6.98. The summed E-state index contributed by atoms with van der Waals surface area (Å²) >= 11 is 19.3. The molecule has 2 saturated heterocycles. The Balaban J connectivity index is 1.72. The second-order valence-electron chi connectivity index (χ2n) is 4.64. The Morgan fingerprint density at radius 2 is 1.71 bits per heavy atom. The first kappa shape index (κ1) is 12.4. The molecule has 2 unspecified atom stereocenters. The molecule has 0 radical (unpaired) electrons. The van der Waals surface area contributed by atoms with Crippen molar-refractivity contribution in [3.8, 4) is 5.06 Å². The molecule has 2 atom stereocenters. The van der Waals surface area contributed by atoms with E-state index in [4.69, 9.17) is 39.5 Å². The summed E-state index contributed by atoms with van der Waals surface area (Å²) in [7, 11) is 0. The lowest BCUT2D eigenvalue weighted by molar-refractivity contribution is 0.142. The smallest absolute Gasteiger partial charge is 0.196 e. The van der Waals surface area contributed by atoms with E-state index in [-0.39, 0.29) is 6.10 Å². The van der Waals surface area contributed by atoms with Gasteiger partial charge in [0.1, 0.15) is 15.5 Å². The summed E-state index contributed by atoms with van der Waals surface area (Å²) in [5, 5.41) is 5.09. The van der Waals surface area contributed by atoms with E-state index < -0.39 is 0 Å². The minimum absolute atomic E-state index is 0.233. The lowest BCUT2D eigenvalue weighted by Crippen LogP contribution is -2.42. The molecule has 1 aromatic rings. The summed E-state index contributed by atoms with van der Waals surface area (Å²) in [6.07, 6.45) is 4.82. The van der Waals surface area contributed by atoms with Crippen molar-refractivity contribution in [2.75, 3.05) is 0 Å². The number of halogens is 3. The molecule has 3 heterocycles. The Hall–Kier alpha value is 0.330. The summed E-state index contributed by atoms with van der Waals surface area (Å²) in [5.41, 5.74) is 0. The molecule has 0 spiro atoms. The Morgan fingerprint density at radius 1 is 1.06 bits per heavy atom. The van der Waals surface area contributed by atoms with Gasteiger partial charge in [0.25, 0.3) is 0 Å². The summed E-state index contributed by atoms with van der Waals surface area (Å²) in [5.74, 6) is 0. The average molecular weight is 313 g/mol. The second kappa shape index (κ2) is 4.78. The zero-order valence-corrected chi connectivity index (χ0v) is 12.1. The van der Waals surface area contributed by atoms with Gasteiger partial charge in [-0.05, 0) is 25.7 Å². The fraction of sp³-hybridized carbons (Fsp3) is 0.636. The van der Waals surface area contributed by atoms with Crippen LogP contribution in [0.15, 0.2) is 0 Å². The molecule has 3 rings (SSSR count). The van der Waals surface area contributed by atoms with E-state index in [9.17, 15) is 0 Å². The maximum absolute atomic E-state index is 6.08. The van der Waals surface area contributed by atoms with E-state index in [1.54, 1.807) is 0 Å². The summed E-state index contributed by atoms with van der Waals surface area (Å²) in [4.78, 5) is 0. The van der Waals surface area contributed by atoms with Crippen LogP contribution < -0.4 is 10.1 Å². The fourth-order valence-corrected chi connectivity index (χ4v) is 4.33. The molecule has 2 nitrogen and oxygen atoms in total. The Morgan fingerprint density at radius 3 is 2.24 bits per heavy atom. The van der Waals surface area contributed by atoms with Crippen molar-refractivity contribution >= 4 is 46.1 Å². The number of ether oxygens (including phenoxy) is 1. The first-order chi connectivity index (χ1) is 8.13. The quantitative estimate of drug-likeness (QED) is 0.875. The zero-order chi connectivity index (χ0) is 12.0. The van der Waals surface area contributed by atoms with E-state index in [1.165, 1.54) is 24.2 Å². The molecular formula is C11H12Cl3NOS. The Kier molecular flexibility index (Phi) is 3.48. The molecule has 2 bridgehead atoms. The first-order valence-electron chi connectivity index (χ1n) is 5.69. The van der Waals surface area contributed by atoms with Crippen LogP contribution in [0.2, 0.25) is 14.4 Å². The molecule has 1 aromatic heterocycles. The molecule has 2 aliphatic rings. The molecule has 0 saturated carbocycles. The molecule has 2 fully saturated rings. The van der Waals surface area contributed by atoms with Crippen LogP contribution in [0.5, 0.6) is 5.06 Å². The van der Waals surface area contributed by atoms with Crippen LogP contribution in [-0.2, 0) is 0 Å². The molecule has 94 valence electrons. The normalized spacial score (nSPS) is 31.8. The van der Waals surface area contributed by atoms with Crippen LogP contribution in [-0.4, -0.2) is 18.2 Å². The Labute approximate surface area is 119 Å². The largest absolute Gasteiger partial charge is 0.479 e. The van der Waals surface area contributed by atoms with Crippen LogP contribution in [0.3, 0.4) is 0 Å². The highest BCUT2D eigenvalue weighted by Gasteiger charge is 2.35. The highest BCUT2D eigenvalue weighted by Crippen LogP contribution is 2.46. The predicted octanol–water partition coefficient (Wildman–Crippen LogP) is 4.37. The van der Waals surface area contributed by atoms with Crippen LogP contribution in [0.4, 0.5) is 0 Å². The third kappa shape index (κ3) is 2.41. The maximum atomic E-state index is 6.08. The number of thiophene rings is 1. The van der Waals surface area contributed by atoms with Gasteiger partial charge in [0.05, 0.1) is 5.02 Å². The molecule has 0 amide bonds. The van der Waals surface area contributed by atoms with Gasteiger partial charge in [-0.25, -0.2) is 0 Å². The SMILES string of the molecule is Clc1sc(OC2CC3CCC(C2)N3)c(Cl)c1Cl. The highest BCUT2D eigenvalue weighted by atomic mass is 35.5. The van der Waals surface area contributed by atoms with Gasteiger partial charge >= 0.3 is 0 Å². The first-order valence-corrected chi connectivity index (χ1v) is 7.64. The van der Waals surface area contributed by atoms with Crippen molar-refractivity contribution in [3.05, 3.63) is 14.4 Å². The number of piperidine rings is 1. The number of fused-ring (bicyclic) bond motifs is 2. The van der Waals surface area contributed by atoms with Crippen molar-refractivity contribution in [2.24, 2.45) is 0 Å². The third-order valence-corrected chi connectivity index (χ3v) is 5.88. The lowest BCUT2D eigenvalue weighted by Gasteiger charge is -2.29. The highest BCUT2D eigenvalue weighted by molar-refractivity contribution is 7.19. The van der Waals surface area contributed by atoms with Gasteiger partial charge in [-0.2, -0.15) is 0 Å². The zero-order valence-electron chi connectivity index (χ0n) is 9.01. The number of nitrogens with one attached hydrogen (secondary N) is 1. The average Bonchev–Trinajstić information content (AvgIpc) is 2.75. The van der Waals surface area contributed by atoms with E-state index in [2.05, 4.69) is 5.32 Å². The van der Waals surface area contributed by atoms with Crippen molar-refractivity contribution in [1.29, 1.82) is 0 Å². The molecule has 2 aliphatic heterocycles. The van der Waals surface area contributed by atoms with E-state index >= 15 is 0 Å². The van der Waals surface area contributed by atoms with E-state index in [0.29, 0.717) is 31.5 Å². The maximum Gasteiger partial charge on any atom is 0.196 e. The monoisotopic (exact) mass is 311 g/mol.